The van der Waals surface area contributed by atoms with E-state index in [0.29, 0.717) is 5.76 Å². The monoisotopic (exact) mass is 366 g/mol. The van der Waals surface area contributed by atoms with Gasteiger partial charge in [0.05, 0.1) is 5.56 Å². The summed E-state index contributed by atoms with van der Waals surface area (Å²) in [5, 5.41) is 11.9. The van der Waals surface area contributed by atoms with Crippen LogP contribution in [0.25, 0.3) is 11.5 Å². The molecule has 1 amide bonds. The fourth-order valence-electron chi connectivity index (χ4n) is 1.92. The number of nitrogens with zero attached hydrogens (tertiary/aromatic N) is 3. The van der Waals surface area contributed by atoms with Crippen molar-refractivity contribution < 1.29 is 26.5 Å². The van der Waals surface area contributed by atoms with Gasteiger partial charge in [-0.3, -0.25) is 4.79 Å². The molecular formula is C14H11FN4O5S. The molecule has 0 fully saturated rings. The fourth-order valence-corrected chi connectivity index (χ4v) is 2.83. The molecule has 0 unspecified atom stereocenters. The average Bonchev–Trinajstić information content (AvgIpc) is 3.17. The molecule has 1 aromatic carbocycles. The van der Waals surface area contributed by atoms with Crippen LogP contribution < -0.4 is 5.32 Å². The Morgan fingerprint density at radius 2 is 2.04 bits per heavy atom. The van der Waals surface area contributed by atoms with Crippen molar-refractivity contribution in [1.29, 1.82) is 0 Å². The van der Waals surface area contributed by atoms with Gasteiger partial charge in [0, 0.05) is 6.07 Å². The molecular weight excluding hydrogens is 355 g/mol. The first-order valence-corrected chi connectivity index (χ1v) is 8.55. The molecule has 3 aromatic rings. The SMILES string of the molecule is Cc1cc(NC(=O)CS(=O)(=O)c2nnc(-c3ccccc3F)o2)no1. The Bertz CT molecular complexity index is 1030. The van der Waals surface area contributed by atoms with Crippen LogP contribution in [0.2, 0.25) is 0 Å². The molecule has 1 N–H and O–H groups in total. The lowest BCUT2D eigenvalue weighted by Crippen LogP contribution is -2.23. The molecule has 9 nitrogen and oxygen atoms in total. The second kappa shape index (κ2) is 6.43. The van der Waals surface area contributed by atoms with Crippen LogP contribution in [-0.2, 0) is 14.6 Å². The number of halogens is 1. The number of sulfone groups is 1. The number of rotatable bonds is 5. The second-order valence-corrected chi connectivity index (χ2v) is 6.85. The zero-order chi connectivity index (χ0) is 18.0. The first-order valence-electron chi connectivity index (χ1n) is 6.89. The van der Waals surface area contributed by atoms with E-state index in [1.807, 2.05) is 0 Å². The summed E-state index contributed by atoms with van der Waals surface area (Å²) in [4.78, 5) is 11.8. The quantitative estimate of drug-likeness (QED) is 0.721. The summed E-state index contributed by atoms with van der Waals surface area (Å²) >= 11 is 0. The lowest BCUT2D eigenvalue weighted by atomic mass is 10.2. The van der Waals surface area contributed by atoms with E-state index in [4.69, 9.17) is 8.94 Å². The molecule has 2 heterocycles. The van der Waals surface area contributed by atoms with E-state index in [1.54, 1.807) is 6.92 Å². The molecule has 0 saturated carbocycles. The van der Waals surface area contributed by atoms with Crippen LogP contribution in [0.3, 0.4) is 0 Å². The van der Waals surface area contributed by atoms with Gasteiger partial charge in [-0.15, -0.1) is 5.10 Å². The van der Waals surface area contributed by atoms with Gasteiger partial charge in [0.2, 0.25) is 15.7 Å². The van der Waals surface area contributed by atoms with Crippen LogP contribution in [0.1, 0.15) is 5.76 Å². The molecule has 0 aliphatic rings. The lowest BCUT2D eigenvalue weighted by molar-refractivity contribution is -0.113. The van der Waals surface area contributed by atoms with Gasteiger partial charge >= 0.3 is 5.22 Å². The highest BCUT2D eigenvalue weighted by atomic mass is 32.2. The van der Waals surface area contributed by atoms with E-state index in [9.17, 15) is 17.6 Å². The van der Waals surface area contributed by atoms with Crippen LogP contribution in [0.4, 0.5) is 10.2 Å². The summed E-state index contributed by atoms with van der Waals surface area (Å²) < 4.78 is 47.8. The van der Waals surface area contributed by atoms with Gasteiger partial charge in [0.15, 0.2) is 5.82 Å². The van der Waals surface area contributed by atoms with E-state index in [1.165, 1.54) is 30.3 Å². The number of nitrogens with one attached hydrogen (secondary N) is 1. The van der Waals surface area contributed by atoms with Crippen LogP contribution in [-0.4, -0.2) is 35.4 Å². The molecule has 25 heavy (non-hydrogen) atoms. The molecule has 0 saturated heterocycles. The largest absolute Gasteiger partial charge is 0.408 e. The van der Waals surface area contributed by atoms with Crippen molar-refractivity contribution in [2.24, 2.45) is 0 Å². The van der Waals surface area contributed by atoms with Crippen molar-refractivity contribution in [1.82, 2.24) is 15.4 Å². The minimum atomic E-state index is -4.21. The molecule has 11 heteroatoms. The maximum absolute atomic E-state index is 13.7. The summed E-state index contributed by atoms with van der Waals surface area (Å²) in [6.45, 7) is 1.61. The zero-order valence-electron chi connectivity index (χ0n) is 12.8. The minimum absolute atomic E-state index is 0.0426. The Kier molecular flexibility index (Phi) is 4.31. The topological polar surface area (TPSA) is 128 Å². The van der Waals surface area contributed by atoms with Crippen molar-refractivity contribution in [3.05, 3.63) is 41.9 Å². The van der Waals surface area contributed by atoms with Crippen molar-refractivity contribution in [2.45, 2.75) is 12.1 Å². The lowest BCUT2D eigenvalue weighted by Gasteiger charge is -2.00. The predicted octanol–water partition coefficient (Wildman–Crippen LogP) is 1.58. The third kappa shape index (κ3) is 3.71. The highest BCUT2D eigenvalue weighted by Gasteiger charge is 2.27. The van der Waals surface area contributed by atoms with E-state index < -0.39 is 32.5 Å². The van der Waals surface area contributed by atoms with Crippen molar-refractivity contribution in [3.63, 3.8) is 0 Å². The number of carbonyl (C=O) groups excluding carboxylic acids is 1. The molecule has 0 aliphatic heterocycles. The van der Waals surface area contributed by atoms with E-state index in [0.717, 1.165) is 0 Å². The van der Waals surface area contributed by atoms with Gasteiger partial charge in [0.25, 0.3) is 5.89 Å². The number of carbonyl (C=O) groups is 1. The summed E-state index contributed by atoms with van der Waals surface area (Å²) in [6.07, 6.45) is 0. The highest BCUT2D eigenvalue weighted by Crippen LogP contribution is 2.23. The third-order valence-electron chi connectivity index (χ3n) is 2.99. The number of aryl methyl sites for hydroxylation is 1. The van der Waals surface area contributed by atoms with Crippen molar-refractivity contribution >= 4 is 21.6 Å². The molecule has 0 aliphatic carbocycles. The number of hydrogen-bond acceptors (Lipinski definition) is 8. The highest BCUT2D eigenvalue weighted by molar-refractivity contribution is 7.91. The number of benzene rings is 1. The van der Waals surface area contributed by atoms with Gasteiger partial charge in [-0.05, 0) is 19.1 Å². The molecule has 3 rings (SSSR count). The van der Waals surface area contributed by atoms with Crippen LogP contribution in [0.5, 0.6) is 0 Å². The predicted molar refractivity (Wildman–Crippen MR) is 81.6 cm³/mol. The Balaban J connectivity index is 1.76. The molecule has 2 aromatic heterocycles. The van der Waals surface area contributed by atoms with Crippen LogP contribution >= 0.6 is 0 Å². The summed E-state index contributed by atoms with van der Waals surface area (Å²) in [5.74, 6) is -2.23. The molecule has 0 bridgehead atoms. The molecule has 130 valence electrons. The number of amides is 1. The maximum Gasteiger partial charge on any atom is 0.336 e. The Morgan fingerprint density at radius 3 is 2.72 bits per heavy atom. The van der Waals surface area contributed by atoms with Gasteiger partial charge in [-0.2, -0.15) is 0 Å². The number of hydrogen-bond donors (Lipinski definition) is 1. The van der Waals surface area contributed by atoms with E-state index in [-0.39, 0.29) is 17.3 Å². The molecule has 0 radical (unpaired) electrons. The fraction of sp³-hybridized carbons (Fsp3) is 0.143. The van der Waals surface area contributed by atoms with E-state index in [2.05, 4.69) is 20.7 Å². The average molecular weight is 366 g/mol. The van der Waals surface area contributed by atoms with Crippen LogP contribution in [0, 0.1) is 12.7 Å². The van der Waals surface area contributed by atoms with Gasteiger partial charge < -0.3 is 14.3 Å². The first kappa shape index (κ1) is 16.8. The van der Waals surface area contributed by atoms with Gasteiger partial charge in [0.1, 0.15) is 17.3 Å². The summed E-state index contributed by atoms with van der Waals surface area (Å²) in [5.41, 5.74) is -0.0426. The maximum atomic E-state index is 13.7. The number of anilines is 1. The normalized spacial score (nSPS) is 11.4. The Labute approximate surface area is 140 Å². The molecule has 0 atom stereocenters. The Hall–Kier alpha value is -3.08. The van der Waals surface area contributed by atoms with Gasteiger partial charge in [-0.25, -0.2) is 12.8 Å². The molecule has 0 spiro atoms. The number of aromatic nitrogens is 3. The van der Waals surface area contributed by atoms with Crippen LogP contribution in [0.15, 0.2) is 44.5 Å². The summed E-state index contributed by atoms with van der Waals surface area (Å²) in [6, 6.07) is 6.94. The standard InChI is InChI=1S/C14H11FN4O5S/c1-8-6-11(19-24-8)16-12(20)7-25(21,22)14-18-17-13(23-14)9-4-2-3-5-10(9)15/h2-6H,7H2,1H3,(H,16,19,20). The first-order chi connectivity index (χ1) is 11.8. The summed E-state index contributed by atoms with van der Waals surface area (Å²) in [7, 11) is -4.21. The third-order valence-corrected chi connectivity index (χ3v) is 4.33. The Morgan fingerprint density at radius 1 is 1.28 bits per heavy atom. The minimum Gasteiger partial charge on any atom is -0.408 e. The second-order valence-electron chi connectivity index (χ2n) is 4.98. The van der Waals surface area contributed by atoms with Gasteiger partial charge in [-0.1, -0.05) is 22.4 Å². The van der Waals surface area contributed by atoms with E-state index >= 15 is 0 Å². The van der Waals surface area contributed by atoms with Crippen molar-refractivity contribution in [3.8, 4) is 11.5 Å². The smallest absolute Gasteiger partial charge is 0.336 e. The van der Waals surface area contributed by atoms with Crippen molar-refractivity contribution in [2.75, 3.05) is 11.1 Å². The zero-order valence-corrected chi connectivity index (χ0v) is 13.6.